The summed E-state index contributed by atoms with van der Waals surface area (Å²) >= 11 is 0. The molecule has 452 valence electrons. The fourth-order valence-corrected chi connectivity index (χ4v) is 16.1. The molecule has 25 nitrogen and oxygen atoms in total. The number of ether oxygens (including phenoxy) is 8. The monoisotopic (exact) mass is 1130 g/mol. The summed E-state index contributed by atoms with van der Waals surface area (Å²) in [4.78, 5) is 4.69. The van der Waals surface area contributed by atoms with Crippen LogP contribution in [0.15, 0.2) is 12.2 Å². The fourth-order valence-electron chi connectivity index (χ4n) is 16.1. The average Bonchev–Trinajstić information content (AvgIpc) is 3.88. The molecule has 4 aliphatic heterocycles. The van der Waals surface area contributed by atoms with E-state index in [1.54, 1.807) is 26.0 Å². The molecule has 0 aromatic carbocycles. The summed E-state index contributed by atoms with van der Waals surface area (Å²) in [6, 6.07) is 0. The highest BCUT2D eigenvalue weighted by molar-refractivity contribution is 5.22. The lowest BCUT2D eigenvalue weighted by atomic mass is 9.35. The fraction of sp³-hybridized carbons (Fsp3) is 0.962. The molecule has 16 N–H and O–H groups in total. The Morgan fingerprint density at radius 3 is 1.77 bits per heavy atom. The van der Waals surface area contributed by atoms with Crippen LogP contribution in [-0.2, 0) is 42.8 Å². The largest absolute Gasteiger partial charge is 0.394 e. The lowest BCUT2D eigenvalue weighted by Crippen LogP contribution is -2.70. The molecule has 30 atom stereocenters. The van der Waals surface area contributed by atoms with Gasteiger partial charge in [-0.25, -0.2) is 4.89 Å². The van der Waals surface area contributed by atoms with E-state index in [2.05, 4.69) is 20.8 Å². The molecular formula is C53H90O25. The van der Waals surface area contributed by atoms with Crippen molar-refractivity contribution < 1.29 is 125 Å². The minimum Gasteiger partial charge on any atom is -0.394 e. The molecule has 8 fully saturated rings. The van der Waals surface area contributed by atoms with Crippen LogP contribution in [-0.4, -0.2) is 255 Å². The molecule has 4 saturated carbocycles. The maximum absolute atomic E-state index is 12.8. The van der Waals surface area contributed by atoms with Gasteiger partial charge in [0.15, 0.2) is 25.2 Å². The van der Waals surface area contributed by atoms with Crippen LogP contribution in [0.1, 0.15) is 100 Å². The van der Waals surface area contributed by atoms with Gasteiger partial charge >= 0.3 is 0 Å². The Bertz CT molecular complexity index is 2040. The van der Waals surface area contributed by atoms with Crippen LogP contribution in [0.25, 0.3) is 0 Å². The summed E-state index contributed by atoms with van der Waals surface area (Å²) in [6.45, 7) is 13.3. The van der Waals surface area contributed by atoms with E-state index in [1.807, 2.05) is 20.8 Å². The van der Waals surface area contributed by atoms with Crippen LogP contribution in [0, 0.1) is 45.3 Å². The molecule has 4 aliphatic carbocycles. The average molecular weight is 1130 g/mol. The van der Waals surface area contributed by atoms with Crippen molar-refractivity contribution in [2.75, 3.05) is 26.4 Å². The molecule has 0 radical (unpaired) electrons. The lowest BCUT2D eigenvalue weighted by Gasteiger charge is -2.71. The Kier molecular flexibility index (Phi) is 18.8. The van der Waals surface area contributed by atoms with Crippen molar-refractivity contribution in [1.82, 2.24) is 0 Å². The minimum absolute atomic E-state index is 0.133. The van der Waals surface area contributed by atoms with Gasteiger partial charge in [0.1, 0.15) is 97.2 Å². The first-order valence-corrected chi connectivity index (χ1v) is 27.6. The third-order valence-corrected chi connectivity index (χ3v) is 20.5. The van der Waals surface area contributed by atoms with Crippen molar-refractivity contribution in [3.05, 3.63) is 12.2 Å². The first kappa shape index (κ1) is 62.8. The van der Waals surface area contributed by atoms with Crippen LogP contribution < -0.4 is 0 Å². The number of rotatable bonds is 16. The van der Waals surface area contributed by atoms with Crippen molar-refractivity contribution in [2.24, 2.45) is 45.3 Å². The van der Waals surface area contributed by atoms with Crippen molar-refractivity contribution in [1.29, 1.82) is 0 Å². The number of hydrogen-bond acceptors (Lipinski definition) is 25. The number of hydrogen-bond donors (Lipinski definition) is 16. The molecule has 8 rings (SSSR count). The maximum Gasteiger partial charge on any atom is 0.187 e. The molecule has 4 saturated heterocycles. The van der Waals surface area contributed by atoms with Gasteiger partial charge in [-0.2, -0.15) is 0 Å². The minimum atomic E-state index is -1.88. The van der Waals surface area contributed by atoms with Crippen LogP contribution >= 0.6 is 0 Å². The summed E-state index contributed by atoms with van der Waals surface area (Å²) in [5.74, 6) is -1.20. The third-order valence-electron chi connectivity index (χ3n) is 20.5. The van der Waals surface area contributed by atoms with E-state index < -0.39 is 200 Å². The molecule has 0 spiro atoms. The van der Waals surface area contributed by atoms with E-state index in [1.165, 1.54) is 0 Å². The maximum atomic E-state index is 12.8. The zero-order valence-corrected chi connectivity index (χ0v) is 45.8. The van der Waals surface area contributed by atoms with Gasteiger partial charge in [0.05, 0.1) is 50.3 Å². The second-order valence-electron chi connectivity index (χ2n) is 25.9. The SMILES string of the molecule is CC(C)(/C=C/CC(C)(O[C@@H]1O[C@H](CO[C@@H]2OC[C@@H](O)[C@H](O)[C@H]2O)[C@@H](O)[C@H](O)[C@H]1O)C1CC[C@]2(C)C1[C@H](O)CC1[C@@]3(C)C[C@@H](O)[C@H](O[C@@H]4O[C@H](CO)[C@@H](O)[C@H](O)[C@H]4O[C@@H]4O[C@H](CO)[C@@H](O)[C@H](O)[C@H]4O)C(C)(C)C3CC[C@]12C)OO. The highest BCUT2D eigenvalue weighted by Gasteiger charge is 2.73. The van der Waals surface area contributed by atoms with Crippen molar-refractivity contribution in [3.63, 3.8) is 0 Å². The van der Waals surface area contributed by atoms with Gasteiger partial charge in [-0.1, -0.05) is 46.8 Å². The molecule has 0 amide bonds. The zero-order chi connectivity index (χ0) is 57.6. The van der Waals surface area contributed by atoms with Crippen LogP contribution in [0.4, 0.5) is 0 Å². The van der Waals surface area contributed by atoms with Crippen molar-refractivity contribution in [3.8, 4) is 0 Å². The Morgan fingerprint density at radius 1 is 0.577 bits per heavy atom. The number of aliphatic hydroxyl groups excluding tert-OH is 15. The normalized spacial score (nSPS) is 52.6. The predicted octanol–water partition coefficient (Wildman–Crippen LogP) is -3.12. The van der Waals surface area contributed by atoms with Gasteiger partial charge < -0.3 is 114 Å². The molecular weight excluding hydrogens is 1040 g/mol. The quantitative estimate of drug-likeness (QED) is 0.0315. The first-order chi connectivity index (χ1) is 36.4. The number of aliphatic hydroxyl groups is 15. The zero-order valence-electron chi connectivity index (χ0n) is 45.8. The first-order valence-electron chi connectivity index (χ1n) is 27.6. The Labute approximate surface area is 454 Å². The second-order valence-corrected chi connectivity index (χ2v) is 25.9. The molecule has 8 aliphatic rings. The second kappa shape index (κ2) is 23.3. The van der Waals surface area contributed by atoms with Crippen molar-refractivity contribution in [2.45, 2.75) is 247 Å². The van der Waals surface area contributed by atoms with E-state index in [9.17, 15) is 81.9 Å². The highest BCUT2D eigenvalue weighted by atomic mass is 17.1. The third kappa shape index (κ3) is 10.9. The molecule has 4 heterocycles. The summed E-state index contributed by atoms with van der Waals surface area (Å²) in [7, 11) is 0. The summed E-state index contributed by atoms with van der Waals surface area (Å²) in [5.41, 5.74) is -4.94. The smallest absolute Gasteiger partial charge is 0.187 e. The summed E-state index contributed by atoms with van der Waals surface area (Å²) in [6.07, 6.45) is -27.6. The van der Waals surface area contributed by atoms with Gasteiger partial charge in [-0.15, -0.1) is 0 Å². The van der Waals surface area contributed by atoms with E-state index >= 15 is 0 Å². The van der Waals surface area contributed by atoms with E-state index in [4.69, 9.17) is 42.8 Å². The van der Waals surface area contributed by atoms with Gasteiger partial charge in [0, 0.05) is 0 Å². The van der Waals surface area contributed by atoms with Gasteiger partial charge in [-0.3, -0.25) is 5.26 Å². The molecule has 78 heavy (non-hydrogen) atoms. The van der Waals surface area contributed by atoms with Crippen LogP contribution in [0.5, 0.6) is 0 Å². The Balaban J connectivity index is 1.04. The highest BCUT2D eigenvalue weighted by Crippen LogP contribution is 2.76. The molecule has 0 aromatic heterocycles. The summed E-state index contributed by atoms with van der Waals surface area (Å²) < 4.78 is 48.3. The van der Waals surface area contributed by atoms with E-state index in [-0.39, 0.29) is 31.3 Å². The van der Waals surface area contributed by atoms with Gasteiger partial charge in [0.2, 0.25) is 0 Å². The van der Waals surface area contributed by atoms with Crippen molar-refractivity contribution >= 4 is 0 Å². The van der Waals surface area contributed by atoms with E-state index in [0.29, 0.717) is 32.1 Å². The molecule has 5 unspecified atom stereocenters. The van der Waals surface area contributed by atoms with Gasteiger partial charge in [-0.05, 0) is 111 Å². The predicted molar refractivity (Wildman–Crippen MR) is 264 cm³/mol. The van der Waals surface area contributed by atoms with Gasteiger partial charge in [0.25, 0.3) is 0 Å². The van der Waals surface area contributed by atoms with Crippen LogP contribution in [0.3, 0.4) is 0 Å². The molecule has 0 bridgehead atoms. The summed E-state index contributed by atoms with van der Waals surface area (Å²) in [5, 5.41) is 174. The topological polar surface area (TPSA) is 407 Å². The Hall–Kier alpha value is -1.26. The molecule has 25 heteroatoms. The van der Waals surface area contributed by atoms with E-state index in [0.717, 1.165) is 0 Å². The van der Waals surface area contributed by atoms with Crippen LogP contribution in [0.2, 0.25) is 0 Å². The lowest BCUT2D eigenvalue weighted by molar-refractivity contribution is -0.383. The number of fused-ring (bicyclic) bond motifs is 5. The standard InChI is InChI=1S/C53H90O25/c1-48(2,78-69)12-9-13-53(8,77-46-41(68)37(64)35(62)28(74-46)21-71-44-39(66)32(59)25(58)20-70-44)22-10-14-52(7)31(22)23(56)16-30-50(5)17-24(57)43(49(3,4)29(50)11-15-51(30,52)6)76-47-42(38(65)34(61)27(19-55)73-47)75-45-40(67)36(63)33(60)26(18-54)72-45/h9,12,22-47,54-69H,10-11,13-21H2,1-8H3/b12-9+/t22?,23-,24-,25-,26-,27-,28-,29?,30?,31?,32+,33-,34-,35-,36+,37+,38+,39-,40-,41-,42-,43+,44+,45+,46+,47+,50+,51-,52-,53?/m1/s1. The molecule has 0 aromatic rings. The Morgan fingerprint density at radius 2 is 1.14 bits per heavy atom.